The van der Waals surface area contributed by atoms with Crippen LogP contribution in [0.25, 0.3) is 5.69 Å². The van der Waals surface area contributed by atoms with Crippen molar-refractivity contribution >= 4 is 21.8 Å². The highest BCUT2D eigenvalue weighted by atomic mass is 79.9. The quantitative estimate of drug-likeness (QED) is 0.796. The topological polar surface area (TPSA) is 46.9 Å². The maximum absolute atomic E-state index is 12.2. The smallest absolute Gasteiger partial charge is 0.254 e. The highest BCUT2D eigenvalue weighted by Crippen LogP contribution is 2.19. The number of hydrogen-bond donors (Lipinski definition) is 1. The zero-order valence-electron chi connectivity index (χ0n) is 13.0. The Labute approximate surface area is 144 Å². The van der Waals surface area contributed by atoms with Gasteiger partial charge in [0.25, 0.3) is 5.91 Å². The first kappa shape index (κ1) is 16.0. The van der Waals surface area contributed by atoms with Crippen LogP contribution in [0.15, 0.2) is 52.8 Å². The summed E-state index contributed by atoms with van der Waals surface area (Å²) >= 11 is 3.41. The molecular formula is C18H20BrN3O. The predicted molar refractivity (Wildman–Crippen MR) is 94.8 cm³/mol. The molecule has 3 rings (SSSR count). The molecule has 1 aliphatic carbocycles. The summed E-state index contributed by atoms with van der Waals surface area (Å²) in [5, 5.41) is 7.24. The molecule has 4 nitrogen and oxygen atoms in total. The molecule has 1 aromatic heterocycles. The number of nitrogens with zero attached hydrogens (tertiary/aromatic N) is 2. The number of aromatic nitrogens is 2. The number of hydrogen-bond acceptors (Lipinski definition) is 2. The predicted octanol–water partition coefficient (Wildman–Crippen LogP) is 4.26. The number of carbonyl (C=O) groups is 1. The molecular weight excluding hydrogens is 354 g/mol. The normalized spacial score (nSPS) is 14.4. The van der Waals surface area contributed by atoms with Crippen molar-refractivity contribution in [3.63, 3.8) is 0 Å². The molecule has 1 aliphatic rings. The molecule has 1 heterocycles. The minimum absolute atomic E-state index is 0.0650. The molecule has 0 fully saturated rings. The van der Waals surface area contributed by atoms with E-state index in [-0.39, 0.29) is 5.91 Å². The van der Waals surface area contributed by atoms with Gasteiger partial charge in [-0.05, 0) is 56.4 Å². The Morgan fingerprint density at radius 2 is 2.09 bits per heavy atom. The Kier molecular flexibility index (Phi) is 5.28. The summed E-state index contributed by atoms with van der Waals surface area (Å²) in [4.78, 5) is 12.2. The Morgan fingerprint density at radius 1 is 1.26 bits per heavy atom. The summed E-state index contributed by atoms with van der Waals surface area (Å²) in [5.74, 6) is -0.0650. The van der Waals surface area contributed by atoms with Crippen molar-refractivity contribution in [2.24, 2.45) is 0 Å². The second-order valence-electron chi connectivity index (χ2n) is 5.76. The van der Waals surface area contributed by atoms with E-state index in [1.54, 1.807) is 17.1 Å². The van der Waals surface area contributed by atoms with Gasteiger partial charge in [0.15, 0.2) is 0 Å². The molecule has 1 amide bonds. The van der Waals surface area contributed by atoms with E-state index in [4.69, 9.17) is 0 Å². The van der Waals surface area contributed by atoms with Gasteiger partial charge in [0, 0.05) is 17.2 Å². The van der Waals surface area contributed by atoms with Crippen LogP contribution in [0.2, 0.25) is 0 Å². The first-order valence-electron chi connectivity index (χ1n) is 7.99. The molecule has 0 saturated carbocycles. The van der Waals surface area contributed by atoms with Crippen LogP contribution in [0, 0.1) is 0 Å². The molecule has 23 heavy (non-hydrogen) atoms. The molecule has 0 bridgehead atoms. The van der Waals surface area contributed by atoms with Gasteiger partial charge >= 0.3 is 0 Å². The van der Waals surface area contributed by atoms with Gasteiger partial charge in [0.05, 0.1) is 17.4 Å². The van der Waals surface area contributed by atoms with Gasteiger partial charge < -0.3 is 5.32 Å². The number of benzene rings is 1. The fourth-order valence-corrected chi connectivity index (χ4v) is 3.01. The third kappa shape index (κ3) is 4.32. The number of amides is 1. The van der Waals surface area contributed by atoms with Crippen molar-refractivity contribution in [2.45, 2.75) is 32.1 Å². The van der Waals surface area contributed by atoms with Crippen molar-refractivity contribution in [3.05, 3.63) is 58.3 Å². The molecule has 5 heteroatoms. The van der Waals surface area contributed by atoms with Crippen LogP contribution < -0.4 is 5.32 Å². The highest BCUT2D eigenvalue weighted by Gasteiger charge is 2.10. The molecule has 0 unspecified atom stereocenters. The van der Waals surface area contributed by atoms with Gasteiger partial charge in [-0.1, -0.05) is 27.6 Å². The maximum Gasteiger partial charge on any atom is 0.254 e. The molecule has 0 radical (unpaired) electrons. The average Bonchev–Trinajstić information content (AvgIpc) is 3.06. The lowest BCUT2D eigenvalue weighted by Crippen LogP contribution is -2.24. The summed E-state index contributed by atoms with van der Waals surface area (Å²) < 4.78 is 2.73. The van der Waals surface area contributed by atoms with Crippen LogP contribution in [-0.4, -0.2) is 22.2 Å². The fourth-order valence-electron chi connectivity index (χ4n) is 2.75. The fraction of sp³-hybridized carbons (Fsp3) is 0.333. The van der Waals surface area contributed by atoms with Crippen LogP contribution in [-0.2, 0) is 0 Å². The number of halogens is 1. The zero-order valence-corrected chi connectivity index (χ0v) is 14.6. The molecule has 0 saturated heterocycles. The first-order chi connectivity index (χ1) is 11.2. The van der Waals surface area contributed by atoms with E-state index >= 15 is 0 Å². The first-order valence-corrected chi connectivity index (χ1v) is 8.78. The van der Waals surface area contributed by atoms with E-state index in [1.165, 1.54) is 31.3 Å². The molecule has 2 aromatic rings. The monoisotopic (exact) mass is 373 g/mol. The van der Waals surface area contributed by atoms with Gasteiger partial charge in [0.2, 0.25) is 0 Å². The lowest BCUT2D eigenvalue weighted by Gasteiger charge is -2.12. The van der Waals surface area contributed by atoms with E-state index in [2.05, 4.69) is 32.4 Å². The second-order valence-corrected chi connectivity index (χ2v) is 6.68. The van der Waals surface area contributed by atoms with Gasteiger partial charge in [-0.3, -0.25) is 4.79 Å². The van der Waals surface area contributed by atoms with Crippen molar-refractivity contribution in [1.29, 1.82) is 0 Å². The minimum Gasteiger partial charge on any atom is -0.352 e. The van der Waals surface area contributed by atoms with Crippen LogP contribution >= 0.6 is 15.9 Å². The Morgan fingerprint density at radius 3 is 2.83 bits per heavy atom. The van der Waals surface area contributed by atoms with E-state index in [9.17, 15) is 4.79 Å². The SMILES string of the molecule is O=C(NCCC1=CCCCC1)c1cnn(-c2ccc(Br)cc2)c1. The summed E-state index contributed by atoms with van der Waals surface area (Å²) in [5.41, 5.74) is 2.99. The summed E-state index contributed by atoms with van der Waals surface area (Å²) in [7, 11) is 0. The van der Waals surface area contributed by atoms with Crippen molar-refractivity contribution in [3.8, 4) is 5.69 Å². The van der Waals surface area contributed by atoms with Crippen molar-refractivity contribution < 1.29 is 4.79 Å². The molecule has 120 valence electrons. The van der Waals surface area contributed by atoms with E-state index in [0.717, 1.165) is 16.6 Å². The Bertz CT molecular complexity index is 703. The summed E-state index contributed by atoms with van der Waals surface area (Å²) in [6.45, 7) is 0.689. The van der Waals surface area contributed by atoms with Gasteiger partial charge in [-0.15, -0.1) is 0 Å². The van der Waals surface area contributed by atoms with Crippen LogP contribution in [0.4, 0.5) is 0 Å². The number of rotatable bonds is 5. The minimum atomic E-state index is -0.0650. The number of allylic oxidation sites excluding steroid dienone is 1. The van der Waals surface area contributed by atoms with E-state index in [0.29, 0.717) is 12.1 Å². The molecule has 0 spiro atoms. The lowest BCUT2D eigenvalue weighted by atomic mass is 9.97. The van der Waals surface area contributed by atoms with Crippen LogP contribution in [0.5, 0.6) is 0 Å². The average molecular weight is 374 g/mol. The van der Waals surface area contributed by atoms with E-state index in [1.807, 2.05) is 24.3 Å². The Balaban J connectivity index is 1.55. The third-order valence-corrected chi connectivity index (χ3v) is 4.58. The van der Waals surface area contributed by atoms with Crippen LogP contribution in [0.3, 0.4) is 0 Å². The van der Waals surface area contributed by atoms with Crippen molar-refractivity contribution in [1.82, 2.24) is 15.1 Å². The largest absolute Gasteiger partial charge is 0.352 e. The molecule has 1 aromatic carbocycles. The highest BCUT2D eigenvalue weighted by molar-refractivity contribution is 9.10. The van der Waals surface area contributed by atoms with E-state index < -0.39 is 0 Å². The number of nitrogens with one attached hydrogen (secondary N) is 1. The van der Waals surface area contributed by atoms with Gasteiger partial charge in [-0.25, -0.2) is 4.68 Å². The van der Waals surface area contributed by atoms with Crippen molar-refractivity contribution in [2.75, 3.05) is 6.54 Å². The van der Waals surface area contributed by atoms with Gasteiger partial charge in [0.1, 0.15) is 0 Å². The molecule has 1 N–H and O–H groups in total. The van der Waals surface area contributed by atoms with Gasteiger partial charge in [-0.2, -0.15) is 5.10 Å². The molecule has 0 aliphatic heterocycles. The third-order valence-electron chi connectivity index (χ3n) is 4.05. The number of carbonyl (C=O) groups excluding carboxylic acids is 1. The maximum atomic E-state index is 12.2. The summed E-state index contributed by atoms with van der Waals surface area (Å²) in [6.07, 6.45) is 11.6. The standard InChI is InChI=1S/C18H20BrN3O/c19-16-6-8-17(9-7-16)22-13-15(12-21-22)18(23)20-11-10-14-4-2-1-3-5-14/h4,6-9,12-13H,1-3,5,10-11H2,(H,20,23). The summed E-state index contributed by atoms with van der Waals surface area (Å²) in [6, 6.07) is 7.81. The second kappa shape index (κ2) is 7.59. The van der Waals surface area contributed by atoms with Crippen LogP contribution in [0.1, 0.15) is 42.5 Å². The zero-order chi connectivity index (χ0) is 16.1. The lowest BCUT2D eigenvalue weighted by molar-refractivity contribution is 0.0954. The molecule has 0 atom stereocenters. The Hall–Kier alpha value is -1.88.